The fourth-order valence-electron chi connectivity index (χ4n) is 3.11. The van der Waals surface area contributed by atoms with Crippen molar-refractivity contribution in [1.29, 1.82) is 0 Å². The normalized spacial score (nSPS) is 29.6. The van der Waals surface area contributed by atoms with Crippen LogP contribution in [-0.4, -0.2) is 78.4 Å². The zero-order valence-electron chi connectivity index (χ0n) is 11.4. The molecule has 2 aliphatic rings. The topological polar surface area (TPSA) is 98.1 Å². The minimum atomic E-state index is -3.53. The number of carbonyl (C=O) groups is 1. The average Bonchev–Trinajstić information content (AvgIpc) is 2.90. The van der Waals surface area contributed by atoms with Gasteiger partial charge in [0.1, 0.15) is 0 Å². The molecule has 2 atom stereocenters. The predicted octanol–water partition coefficient (Wildman–Crippen LogP) is -0.821. The summed E-state index contributed by atoms with van der Waals surface area (Å²) in [6.45, 7) is 2.55. The molecule has 0 aromatic heterocycles. The van der Waals surface area contributed by atoms with Crippen molar-refractivity contribution >= 4 is 16.0 Å². The second-order valence-corrected chi connectivity index (χ2v) is 7.58. The first-order chi connectivity index (χ1) is 9.46. The Morgan fingerprint density at radius 3 is 2.35 bits per heavy atom. The van der Waals surface area contributed by atoms with Crippen LogP contribution >= 0.6 is 0 Å². The largest absolute Gasteiger partial charge is 0.481 e. The molecule has 20 heavy (non-hydrogen) atoms. The fourth-order valence-corrected chi connectivity index (χ4v) is 5.29. The van der Waals surface area contributed by atoms with Crippen molar-refractivity contribution in [1.82, 2.24) is 9.21 Å². The van der Waals surface area contributed by atoms with E-state index in [9.17, 15) is 13.2 Å². The van der Waals surface area contributed by atoms with Gasteiger partial charge in [0.15, 0.2) is 0 Å². The molecule has 0 bridgehead atoms. The summed E-state index contributed by atoms with van der Waals surface area (Å²) in [4.78, 5) is 13.2. The standard InChI is InChI=1S/C12H22N2O5S/c15-9-8-13-4-6-14(7-5-13)20(18,19)11-3-1-2-10(11)12(16)17/h10-11,15H,1-9H2,(H,16,17). The molecular formula is C12H22N2O5S. The van der Waals surface area contributed by atoms with E-state index in [0.29, 0.717) is 52.0 Å². The molecule has 7 nitrogen and oxygen atoms in total. The van der Waals surface area contributed by atoms with E-state index in [0.717, 1.165) is 0 Å². The first-order valence-electron chi connectivity index (χ1n) is 7.02. The van der Waals surface area contributed by atoms with E-state index in [2.05, 4.69) is 0 Å². The first kappa shape index (κ1) is 15.7. The van der Waals surface area contributed by atoms with Crippen molar-refractivity contribution in [3.05, 3.63) is 0 Å². The van der Waals surface area contributed by atoms with Crippen molar-refractivity contribution in [2.75, 3.05) is 39.3 Å². The Kier molecular flexibility index (Phi) is 5.00. The molecule has 1 aliphatic heterocycles. The highest BCUT2D eigenvalue weighted by molar-refractivity contribution is 7.89. The minimum absolute atomic E-state index is 0.0659. The lowest BCUT2D eigenvalue weighted by molar-refractivity contribution is -0.141. The third kappa shape index (κ3) is 3.13. The number of aliphatic hydroxyl groups excluding tert-OH is 1. The summed E-state index contributed by atoms with van der Waals surface area (Å²) < 4.78 is 26.5. The van der Waals surface area contributed by atoms with Crippen molar-refractivity contribution in [3.8, 4) is 0 Å². The molecule has 0 amide bonds. The van der Waals surface area contributed by atoms with Crippen LogP contribution < -0.4 is 0 Å². The molecule has 2 rings (SSSR count). The van der Waals surface area contributed by atoms with Crippen LogP contribution in [0.2, 0.25) is 0 Å². The zero-order valence-corrected chi connectivity index (χ0v) is 12.3. The van der Waals surface area contributed by atoms with Gasteiger partial charge in [-0.05, 0) is 12.8 Å². The van der Waals surface area contributed by atoms with Crippen LogP contribution in [0.25, 0.3) is 0 Å². The number of hydrogen-bond donors (Lipinski definition) is 2. The van der Waals surface area contributed by atoms with Crippen LogP contribution in [0.1, 0.15) is 19.3 Å². The molecule has 1 saturated heterocycles. The van der Waals surface area contributed by atoms with E-state index < -0.39 is 27.2 Å². The summed E-state index contributed by atoms with van der Waals surface area (Å²) in [5, 5.41) is 17.2. The predicted molar refractivity (Wildman–Crippen MR) is 72.8 cm³/mol. The molecule has 0 aromatic rings. The van der Waals surface area contributed by atoms with E-state index in [-0.39, 0.29) is 6.61 Å². The molecule has 1 heterocycles. The number of carboxylic acids is 1. The lowest BCUT2D eigenvalue weighted by atomic mass is 10.1. The van der Waals surface area contributed by atoms with E-state index in [1.807, 2.05) is 4.90 Å². The molecule has 8 heteroatoms. The van der Waals surface area contributed by atoms with Gasteiger partial charge in [0.05, 0.1) is 17.8 Å². The lowest BCUT2D eigenvalue weighted by Gasteiger charge is -2.35. The van der Waals surface area contributed by atoms with Gasteiger partial charge in [-0.15, -0.1) is 0 Å². The number of β-amino-alcohol motifs (C(OH)–C–C–N with tert-alkyl or cyclic N) is 1. The molecule has 116 valence electrons. The Labute approximate surface area is 119 Å². The summed E-state index contributed by atoms with van der Waals surface area (Å²) in [5.74, 6) is -1.77. The van der Waals surface area contributed by atoms with E-state index in [1.165, 1.54) is 4.31 Å². The number of aliphatic hydroxyl groups is 1. The fraction of sp³-hybridized carbons (Fsp3) is 0.917. The molecule has 2 fully saturated rings. The molecule has 0 spiro atoms. The van der Waals surface area contributed by atoms with Gasteiger partial charge in [-0.25, -0.2) is 8.42 Å². The summed E-state index contributed by atoms with van der Waals surface area (Å²) in [5.41, 5.74) is 0. The van der Waals surface area contributed by atoms with Crippen LogP contribution in [0.4, 0.5) is 0 Å². The molecule has 2 unspecified atom stereocenters. The number of carboxylic acid groups (broad SMARTS) is 1. The maximum atomic E-state index is 12.6. The van der Waals surface area contributed by atoms with Crippen molar-refractivity contribution in [3.63, 3.8) is 0 Å². The second-order valence-electron chi connectivity index (χ2n) is 5.42. The van der Waals surface area contributed by atoms with Gasteiger partial charge >= 0.3 is 5.97 Å². The molecular weight excluding hydrogens is 284 g/mol. The third-order valence-corrected chi connectivity index (χ3v) is 6.67. The van der Waals surface area contributed by atoms with Crippen LogP contribution in [0.3, 0.4) is 0 Å². The van der Waals surface area contributed by atoms with Crippen molar-refractivity contribution in [2.45, 2.75) is 24.5 Å². The lowest BCUT2D eigenvalue weighted by Crippen LogP contribution is -2.52. The second kappa shape index (κ2) is 6.38. The van der Waals surface area contributed by atoms with Crippen molar-refractivity contribution in [2.24, 2.45) is 5.92 Å². The Hall–Kier alpha value is -0.700. The molecule has 0 radical (unpaired) electrons. The van der Waals surface area contributed by atoms with Gasteiger partial charge in [-0.3, -0.25) is 9.69 Å². The quantitative estimate of drug-likeness (QED) is 0.688. The van der Waals surface area contributed by atoms with Gasteiger partial charge in [0.2, 0.25) is 10.0 Å². The number of hydrogen-bond acceptors (Lipinski definition) is 5. The summed E-state index contributed by atoms with van der Waals surface area (Å²) in [6, 6.07) is 0. The monoisotopic (exact) mass is 306 g/mol. The highest BCUT2D eigenvalue weighted by atomic mass is 32.2. The highest BCUT2D eigenvalue weighted by Crippen LogP contribution is 2.33. The van der Waals surface area contributed by atoms with Crippen LogP contribution in [0.5, 0.6) is 0 Å². The van der Waals surface area contributed by atoms with Crippen LogP contribution in [0.15, 0.2) is 0 Å². The van der Waals surface area contributed by atoms with E-state index in [4.69, 9.17) is 10.2 Å². The van der Waals surface area contributed by atoms with Gasteiger partial charge in [-0.2, -0.15) is 4.31 Å². The minimum Gasteiger partial charge on any atom is -0.481 e. The van der Waals surface area contributed by atoms with Gasteiger partial charge in [0.25, 0.3) is 0 Å². The summed E-state index contributed by atoms with van der Waals surface area (Å²) in [7, 11) is -3.53. The Bertz CT molecular complexity index is 445. The number of sulfonamides is 1. The first-order valence-corrected chi connectivity index (χ1v) is 8.52. The highest BCUT2D eigenvalue weighted by Gasteiger charge is 2.44. The van der Waals surface area contributed by atoms with Crippen LogP contribution in [-0.2, 0) is 14.8 Å². The number of piperazine rings is 1. The van der Waals surface area contributed by atoms with E-state index >= 15 is 0 Å². The Balaban J connectivity index is 2.02. The van der Waals surface area contributed by atoms with Gasteiger partial charge in [0, 0.05) is 32.7 Å². The Morgan fingerprint density at radius 1 is 1.15 bits per heavy atom. The Morgan fingerprint density at radius 2 is 1.80 bits per heavy atom. The van der Waals surface area contributed by atoms with Crippen molar-refractivity contribution < 1.29 is 23.4 Å². The molecule has 1 saturated carbocycles. The van der Waals surface area contributed by atoms with Gasteiger partial charge in [-0.1, -0.05) is 6.42 Å². The maximum Gasteiger partial charge on any atom is 0.307 e. The van der Waals surface area contributed by atoms with Crippen LogP contribution in [0, 0.1) is 5.92 Å². The smallest absolute Gasteiger partial charge is 0.307 e. The zero-order chi connectivity index (χ0) is 14.8. The maximum absolute atomic E-state index is 12.6. The number of rotatable bonds is 5. The van der Waals surface area contributed by atoms with Gasteiger partial charge < -0.3 is 10.2 Å². The number of nitrogens with zero attached hydrogens (tertiary/aromatic N) is 2. The summed E-state index contributed by atoms with van der Waals surface area (Å²) >= 11 is 0. The van der Waals surface area contributed by atoms with E-state index in [1.54, 1.807) is 0 Å². The molecule has 2 N–H and O–H groups in total. The molecule has 1 aliphatic carbocycles. The number of aliphatic carboxylic acids is 1. The summed E-state index contributed by atoms with van der Waals surface area (Å²) in [6.07, 6.45) is 1.55. The average molecular weight is 306 g/mol. The SMILES string of the molecule is O=C(O)C1CCCC1S(=O)(=O)N1CCN(CCO)CC1. The third-order valence-electron chi connectivity index (χ3n) is 4.26. The molecule has 0 aromatic carbocycles.